The second-order valence-corrected chi connectivity index (χ2v) is 4.20. The molecule has 0 aliphatic rings. The Kier molecular flexibility index (Phi) is 4.92. The predicted molar refractivity (Wildman–Crippen MR) is 80.0 cm³/mol. The van der Waals surface area contributed by atoms with Gasteiger partial charge in [-0.3, -0.25) is 14.9 Å². The van der Waals surface area contributed by atoms with Crippen LogP contribution in [0.25, 0.3) is 0 Å². The van der Waals surface area contributed by atoms with Crippen LogP contribution in [-0.2, 0) is 0 Å². The highest BCUT2D eigenvalue weighted by Gasteiger charge is 2.18. The molecule has 9 heteroatoms. The second kappa shape index (κ2) is 7.07. The van der Waals surface area contributed by atoms with Crippen LogP contribution in [0.4, 0.5) is 5.69 Å². The van der Waals surface area contributed by atoms with E-state index in [2.05, 4.69) is 10.5 Å². The molecule has 1 aromatic heterocycles. The number of carbonyl (C=O) groups is 1. The average molecular weight is 319 g/mol. The summed E-state index contributed by atoms with van der Waals surface area (Å²) in [5.74, 6) is 0.0197. The molecule has 0 bridgehead atoms. The molecule has 0 saturated carbocycles. The molecule has 23 heavy (non-hydrogen) atoms. The van der Waals surface area contributed by atoms with Crippen molar-refractivity contribution in [3.8, 4) is 11.5 Å². The lowest BCUT2D eigenvalue weighted by Gasteiger charge is -2.08. The highest BCUT2D eigenvalue weighted by Crippen LogP contribution is 2.33. The fourth-order valence-electron chi connectivity index (χ4n) is 1.77. The lowest BCUT2D eigenvalue weighted by atomic mass is 10.1. The van der Waals surface area contributed by atoms with Gasteiger partial charge in [0.25, 0.3) is 5.69 Å². The maximum Gasteiger partial charge on any atom is 0.307 e. The second-order valence-electron chi connectivity index (χ2n) is 4.20. The van der Waals surface area contributed by atoms with Crippen molar-refractivity contribution < 1.29 is 23.6 Å². The molecule has 1 amide bonds. The van der Waals surface area contributed by atoms with E-state index in [0.29, 0.717) is 5.75 Å². The van der Waals surface area contributed by atoms with E-state index >= 15 is 0 Å². The zero-order chi connectivity index (χ0) is 16.8. The zero-order valence-electron chi connectivity index (χ0n) is 12.3. The molecule has 0 aliphatic carbocycles. The molecule has 0 spiro atoms. The quantitative estimate of drug-likeness (QED) is 0.494. The average Bonchev–Trinajstić information content (AvgIpc) is 3.08. The molecule has 9 nitrogen and oxygen atoms in total. The van der Waals surface area contributed by atoms with Crippen molar-refractivity contribution in [2.24, 2.45) is 5.10 Å². The molecular weight excluding hydrogens is 306 g/mol. The van der Waals surface area contributed by atoms with Gasteiger partial charge >= 0.3 is 5.91 Å². The summed E-state index contributed by atoms with van der Waals surface area (Å²) in [6.07, 6.45) is 2.48. The van der Waals surface area contributed by atoms with Gasteiger partial charge in [0.05, 0.1) is 43.3 Å². The third kappa shape index (κ3) is 3.64. The van der Waals surface area contributed by atoms with E-state index in [4.69, 9.17) is 13.9 Å². The number of nitrogens with one attached hydrogen (secondary N) is 1. The lowest BCUT2D eigenvalue weighted by Crippen LogP contribution is -2.16. The number of carbonyl (C=O) groups excluding carboxylic acids is 1. The summed E-state index contributed by atoms with van der Waals surface area (Å²) < 4.78 is 15.0. The Bertz CT molecular complexity index is 739. The van der Waals surface area contributed by atoms with Crippen molar-refractivity contribution in [2.75, 3.05) is 14.2 Å². The molecule has 0 unspecified atom stereocenters. The molecule has 120 valence electrons. The van der Waals surface area contributed by atoms with Gasteiger partial charge in [0, 0.05) is 0 Å². The summed E-state index contributed by atoms with van der Waals surface area (Å²) in [7, 11) is 2.78. The van der Waals surface area contributed by atoms with Gasteiger partial charge in [-0.05, 0) is 18.2 Å². The Labute approximate surface area is 130 Å². The van der Waals surface area contributed by atoms with Crippen LogP contribution in [0.3, 0.4) is 0 Å². The zero-order valence-corrected chi connectivity index (χ0v) is 12.3. The standard InChI is InChI=1S/C14H13N3O6/c1-21-12-6-9(10(17(19)20)7-13(12)22-2)8-15-16-14(18)11-4-3-5-23-11/h3-8H,1-2H3,(H,16,18)/b15-8-. The van der Waals surface area contributed by atoms with Crippen molar-refractivity contribution in [2.45, 2.75) is 0 Å². The number of rotatable bonds is 6. The molecule has 2 rings (SSSR count). The Balaban J connectivity index is 2.25. The van der Waals surface area contributed by atoms with Crippen molar-refractivity contribution >= 4 is 17.8 Å². The first kappa shape index (κ1) is 16.0. The highest BCUT2D eigenvalue weighted by molar-refractivity contribution is 5.93. The Hall–Kier alpha value is -3.36. The first-order valence-corrected chi connectivity index (χ1v) is 6.34. The van der Waals surface area contributed by atoms with Crippen molar-refractivity contribution in [1.82, 2.24) is 5.43 Å². The largest absolute Gasteiger partial charge is 0.493 e. The number of hydrogen-bond donors (Lipinski definition) is 1. The Morgan fingerprint density at radius 3 is 2.61 bits per heavy atom. The SMILES string of the molecule is COc1cc(/C=N\NC(=O)c2ccco2)c([N+](=O)[O-])cc1OC. The number of nitro groups is 1. The van der Waals surface area contributed by atoms with Crippen molar-refractivity contribution in [3.63, 3.8) is 0 Å². The van der Waals surface area contributed by atoms with E-state index in [9.17, 15) is 14.9 Å². The van der Waals surface area contributed by atoms with Crippen LogP contribution >= 0.6 is 0 Å². The van der Waals surface area contributed by atoms with Gasteiger partial charge < -0.3 is 13.9 Å². The third-order valence-electron chi connectivity index (χ3n) is 2.84. The van der Waals surface area contributed by atoms with Gasteiger partial charge in [0.1, 0.15) is 0 Å². The summed E-state index contributed by atoms with van der Waals surface area (Å²) in [6.45, 7) is 0. The van der Waals surface area contributed by atoms with Crippen LogP contribution in [0.1, 0.15) is 16.1 Å². The van der Waals surface area contributed by atoms with Crippen LogP contribution in [0.2, 0.25) is 0 Å². The maximum atomic E-state index is 11.6. The number of hydrazone groups is 1. The fraction of sp³-hybridized carbons (Fsp3) is 0.143. The summed E-state index contributed by atoms with van der Waals surface area (Å²) in [5, 5.41) is 14.8. The van der Waals surface area contributed by atoms with E-state index in [1.54, 1.807) is 6.07 Å². The molecule has 1 N–H and O–H groups in total. The van der Waals surface area contributed by atoms with Crippen LogP contribution in [0, 0.1) is 10.1 Å². The predicted octanol–water partition coefficient (Wildman–Crippen LogP) is 1.97. The topological polar surface area (TPSA) is 116 Å². The smallest absolute Gasteiger partial charge is 0.307 e. The minimum atomic E-state index is -0.586. The van der Waals surface area contributed by atoms with E-state index in [1.807, 2.05) is 0 Å². The van der Waals surface area contributed by atoms with Crippen molar-refractivity contribution in [1.29, 1.82) is 0 Å². The van der Waals surface area contributed by atoms with E-state index in [-0.39, 0.29) is 22.8 Å². The molecule has 0 radical (unpaired) electrons. The van der Waals surface area contributed by atoms with Gasteiger partial charge in [-0.15, -0.1) is 0 Å². The summed E-state index contributed by atoms with van der Waals surface area (Å²) in [4.78, 5) is 22.2. The van der Waals surface area contributed by atoms with Gasteiger partial charge in [-0.2, -0.15) is 5.10 Å². The molecule has 0 aliphatic heterocycles. The summed E-state index contributed by atoms with van der Waals surface area (Å²) in [6, 6.07) is 5.62. The van der Waals surface area contributed by atoms with Gasteiger partial charge in [-0.25, -0.2) is 5.43 Å². The number of nitro benzene ring substituents is 1. The minimum Gasteiger partial charge on any atom is -0.493 e. The van der Waals surface area contributed by atoms with Gasteiger partial charge in [-0.1, -0.05) is 0 Å². The van der Waals surface area contributed by atoms with Crippen LogP contribution in [0.15, 0.2) is 40.0 Å². The third-order valence-corrected chi connectivity index (χ3v) is 2.84. The van der Waals surface area contributed by atoms with Gasteiger partial charge in [0.2, 0.25) is 0 Å². The number of methoxy groups -OCH3 is 2. The van der Waals surface area contributed by atoms with E-state index < -0.39 is 10.8 Å². The van der Waals surface area contributed by atoms with Crippen LogP contribution in [0.5, 0.6) is 11.5 Å². The molecule has 1 aromatic carbocycles. The number of furan rings is 1. The van der Waals surface area contributed by atoms with Crippen molar-refractivity contribution in [3.05, 3.63) is 52.0 Å². The van der Waals surface area contributed by atoms with Crippen LogP contribution in [-0.4, -0.2) is 31.3 Å². The number of hydrogen-bond acceptors (Lipinski definition) is 7. The molecule has 0 atom stereocenters. The number of amides is 1. The molecule has 0 fully saturated rings. The lowest BCUT2D eigenvalue weighted by molar-refractivity contribution is -0.385. The molecule has 1 heterocycles. The highest BCUT2D eigenvalue weighted by atomic mass is 16.6. The minimum absolute atomic E-state index is 0.0731. The van der Waals surface area contributed by atoms with Gasteiger partial charge in [0.15, 0.2) is 17.3 Å². The molecule has 2 aromatic rings. The first-order chi connectivity index (χ1) is 11.1. The summed E-state index contributed by atoms with van der Waals surface area (Å²) in [5.41, 5.74) is 2.12. The Morgan fingerprint density at radius 2 is 2.04 bits per heavy atom. The normalized spacial score (nSPS) is 10.5. The summed E-state index contributed by atoms with van der Waals surface area (Å²) >= 11 is 0. The maximum absolute atomic E-state index is 11.6. The number of nitrogens with zero attached hydrogens (tertiary/aromatic N) is 2. The van der Waals surface area contributed by atoms with Crippen LogP contribution < -0.4 is 14.9 Å². The molecule has 0 saturated heterocycles. The monoisotopic (exact) mass is 319 g/mol. The first-order valence-electron chi connectivity index (χ1n) is 6.34. The number of benzene rings is 1. The Morgan fingerprint density at radius 1 is 1.35 bits per heavy atom. The van der Waals surface area contributed by atoms with E-state index in [1.165, 1.54) is 38.7 Å². The molecular formula is C14H13N3O6. The number of ether oxygens (including phenoxy) is 2. The van der Waals surface area contributed by atoms with E-state index in [0.717, 1.165) is 6.21 Å². The fourth-order valence-corrected chi connectivity index (χ4v) is 1.77.